The van der Waals surface area contributed by atoms with Gasteiger partial charge < -0.3 is 19.5 Å². The average molecular weight is 398 g/mol. The number of methoxy groups -OCH3 is 1. The Balaban J connectivity index is 1.82. The summed E-state index contributed by atoms with van der Waals surface area (Å²) in [6, 6.07) is 11.4. The third-order valence-corrected chi connectivity index (χ3v) is 5.48. The minimum absolute atomic E-state index is 0.120. The number of amides is 1. The molecule has 0 aromatic heterocycles. The van der Waals surface area contributed by atoms with Crippen LogP contribution in [0.4, 0.5) is 0 Å². The number of rotatable bonds is 6. The molecule has 0 saturated heterocycles. The molecule has 0 bridgehead atoms. The number of hydrogen-bond donors (Lipinski definition) is 1. The van der Waals surface area contributed by atoms with Crippen LogP contribution < -0.4 is 19.5 Å². The zero-order chi connectivity index (χ0) is 21.2. The highest BCUT2D eigenvalue weighted by molar-refractivity contribution is 5.81. The molecular weight excluding hydrogens is 366 g/mol. The fraction of sp³-hybridized carbons (Fsp3) is 0.458. The van der Waals surface area contributed by atoms with Crippen molar-refractivity contribution in [3.05, 3.63) is 53.1 Å². The number of ether oxygens (including phenoxy) is 3. The predicted octanol–water partition coefficient (Wildman–Crippen LogP) is 4.89. The average Bonchev–Trinajstić information content (AvgIpc) is 2.68. The molecule has 1 aliphatic rings. The molecule has 1 aliphatic heterocycles. The Morgan fingerprint density at radius 3 is 2.72 bits per heavy atom. The zero-order valence-corrected chi connectivity index (χ0v) is 18.2. The molecule has 2 aromatic carbocycles. The maximum Gasteiger partial charge on any atom is 0.261 e. The molecule has 5 nitrogen and oxygen atoms in total. The first-order chi connectivity index (χ1) is 13.7. The highest BCUT2D eigenvalue weighted by atomic mass is 16.5. The second-order valence-electron chi connectivity index (χ2n) is 8.24. The van der Waals surface area contributed by atoms with E-state index in [0.717, 1.165) is 33.9 Å². The summed E-state index contributed by atoms with van der Waals surface area (Å²) in [5.41, 5.74) is 2.75. The van der Waals surface area contributed by atoms with Crippen molar-refractivity contribution < 1.29 is 19.0 Å². The van der Waals surface area contributed by atoms with Crippen molar-refractivity contribution in [1.29, 1.82) is 0 Å². The van der Waals surface area contributed by atoms with E-state index >= 15 is 0 Å². The molecule has 0 fully saturated rings. The standard InChI is InChI=1S/C24H31NO4/c1-7-20(28-21-10-8-9-15(2)16(21)3)23(26)25-19-14-24(4,5)29-22-12-11-17(27-6)13-18(19)22/h8-13,19-20H,7,14H2,1-6H3,(H,25,26)/t19-,20-/m1/s1. The lowest BCUT2D eigenvalue weighted by molar-refractivity contribution is -0.129. The monoisotopic (exact) mass is 397 g/mol. The maximum absolute atomic E-state index is 13.1. The highest BCUT2D eigenvalue weighted by Gasteiger charge is 2.36. The molecule has 0 spiro atoms. The number of carbonyl (C=O) groups is 1. The third kappa shape index (κ3) is 4.66. The van der Waals surface area contributed by atoms with Crippen LogP contribution in [0.1, 0.15) is 56.3 Å². The van der Waals surface area contributed by atoms with Gasteiger partial charge in [0, 0.05) is 12.0 Å². The van der Waals surface area contributed by atoms with Gasteiger partial charge in [-0.3, -0.25) is 4.79 Å². The van der Waals surface area contributed by atoms with Crippen LogP contribution in [0.2, 0.25) is 0 Å². The Hall–Kier alpha value is -2.69. The maximum atomic E-state index is 13.1. The van der Waals surface area contributed by atoms with Crippen LogP contribution in [0.5, 0.6) is 17.2 Å². The first-order valence-electron chi connectivity index (χ1n) is 10.1. The lowest BCUT2D eigenvalue weighted by Crippen LogP contribution is -2.45. The molecule has 156 valence electrons. The van der Waals surface area contributed by atoms with Crippen LogP contribution in [0.3, 0.4) is 0 Å². The molecule has 0 aliphatic carbocycles. The smallest absolute Gasteiger partial charge is 0.261 e. The van der Waals surface area contributed by atoms with Crippen LogP contribution in [-0.4, -0.2) is 24.7 Å². The molecule has 2 aromatic rings. The SMILES string of the molecule is CC[C@@H](Oc1cccc(C)c1C)C(=O)N[C@@H]1CC(C)(C)Oc2ccc(OC)cc21. The molecule has 0 radical (unpaired) electrons. The van der Waals surface area contributed by atoms with Crippen molar-refractivity contribution >= 4 is 5.91 Å². The van der Waals surface area contributed by atoms with Crippen LogP contribution in [0.25, 0.3) is 0 Å². The molecule has 29 heavy (non-hydrogen) atoms. The molecular formula is C24H31NO4. The van der Waals surface area contributed by atoms with Gasteiger partial charge in [-0.1, -0.05) is 19.1 Å². The van der Waals surface area contributed by atoms with Crippen LogP contribution in [-0.2, 0) is 4.79 Å². The number of fused-ring (bicyclic) bond motifs is 1. The number of hydrogen-bond acceptors (Lipinski definition) is 4. The van der Waals surface area contributed by atoms with Crippen LogP contribution >= 0.6 is 0 Å². The first kappa shape index (κ1) is 21.0. The normalized spacial score (nSPS) is 18.2. The second kappa shape index (κ2) is 8.36. The Morgan fingerprint density at radius 1 is 1.28 bits per heavy atom. The Labute approximate surface area is 173 Å². The highest BCUT2D eigenvalue weighted by Crippen LogP contribution is 2.41. The predicted molar refractivity (Wildman–Crippen MR) is 114 cm³/mol. The van der Waals surface area contributed by atoms with E-state index in [4.69, 9.17) is 14.2 Å². The summed E-state index contributed by atoms with van der Waals surface area (Å²) in [6.45, 7) is 10.1. The summed E-state index contributed by atoms with van der Waals surface area (Å²) in [5.74, 6) is 2.15. The van der Waals surface area contributed by atoms with Crippen molar-refractivity contribution in [1.82, 2.24) is 5.32 Å². The van der Waals surface area contributed by atoms with Crippen molar-refractivity contribution in [2.24, 2.45) is 0 Å². The first-order valence-corrected chi connectivity index (χ1v) is 10.1. The number of aryl methyl sites for hydroxylation is 1. The van der Waals surface area contributed by atoms with Gasteiger partial charge in [-0.15, -0.1) is 0 Å². The van der Waals surface area contributed by atoms with E-state index in [9.17, 15) is 4.79 Å². The minimum atomic E-state index is -0.560. The van der Waals surface area contributed by atoms with Gasteiger partial charge >= 0.3 is 0 Å². The number of nitrogens with one attached hydrogen (secondary N) is 1. The Kier molecular flexibility index (Phi) is 6.06. The summed E-state index contributed by atoms with van der Waals surface area (Å²) >= 11 is 0. The summed E-state index contributed by atoms with van der Waals surface area (Å²) in [4.78, 5) is 13.1. The topological polar surface area (TPSA) is 56.8 Å². The van der Waals surface area contributed by atoms with Gasteiger partial charge in [0.2, 0.25) is 0 Å². The van der Waals surface area contributed by atoms with Crippen molar-refractivity contribution in [2.45, 2.75) is 65.2 Å². The quantitative estimate of drug-likeness (QED) is 0.754. The molecule has 0 unspecified atom stereocenters. The Morgan fingerprint density at radius 2 is 2.03 bits per heavy atom. The van der Waals surface area contributed by atoms with Gasteiger partial charge in [0.25, 0.3) is 5.91 Å². The van der Waals surface area contributed by atoms with E-state index < -0.39 is 6.10 Å². The molecule has 3 rings (SSSR count). The third-order valence-electron chi connectivity index (χ3n) is 5.48. The number of carbonyl (C=O) groups excluding carboxylic acids is 1. The molecule has 5 heteroatoms. The van der Waals surface area contributed by atoms with Crippen molar-refractivity contribution in [3.63, 3.8) is 0 Å². The molecule has 2 atom stereocenters. The molecule has 1 amide bonds. The van der Waals surface area contributed by atoms with Crippen molar-refractivity contribution in [3.8, 4) is 17.2 Å². The lowest BCUT2D eigenvalue weighted by atomic mass is 9.89. The summed E-state index contributed by atoms with van der Waals surface area (Å²) < 4.78 is 17.6. The molecule has 0 saturated carbocycles. The van der Waals surface area contributed by atoms with E-state index in [1.54, 1.807) is 7.11 Å². The second-order valence-corrected chi connectivity index (χ2v) is 8.24. The number of benzene rings is 2. The van der Waals surface area contributed by atoms with Gasteiger partial charge in [0.1, 0.15) is 22.8 Å². The summed E-state index contributed by atoms with van der Waals surface area (Å²) in [6.07, 6.45) is 0.686. The van der Waals surface area contributed by atoms with E-state index in [-0.39, 0.29) is 17.6 Å². The van der Waals surface area contributed by atoms with E-state index in [2.05, 4.69) is 5.32 Å². The molecule has 1 N–H and O–H groups in total. The zero-order valence-electron chi connectivity index (χ0n) is 18.2. The lowest BCUT2D eigenvalue weighted by Gasteiger charge is -2.38. The van der Waals surface area contributed by atoms with Gasteiger partial charge in [0.05, 0.1) is 13.2 Å². The van der Waals surface area contributed by atoms with E-state index in [0.29, 0.717) is 12.8 Å². The van der Waals surface area contributed by atoms with Crippen molar-refractivity contribution in [2.75, 3.05) is 7.11 Å². The fourth-order valence-corrected chi connectivity index (χ4v) is 3.68. The summed E-state index contributed by atoms with van der Waals surface area (Å²) in [5, 5.41) is 3.19. The summed E-state index contributed by atoms with van der Waals surface area (Å²) in [7, 11) is 1.63. The molecule has 1 heterocycles. The fourth-order valence-electron chi connectivity index (χ4n) is 3.68. The van der Waals surface area contributed by atoms with E-state index in [1.807, 2.05) is 71.0 Å². The van der Waals surface area contributed by atoms with Gasteiger partial charge in [0.15, 0.2) is 6.10 Å². The largest absolute Gasteiger partial charge is 0.497 e. The van der Waals surface area contributed by atoms with Gasteiger partial charge in [-0.05, 0) is 69.5 Å². The Bertz CT molecular complexity index is 890. The minimum Gasteiger partial charge on any atom is -0.497 e. The van der Waals surface area contributed by atoms with Crippen LogP contribution in [0, 0.1) is 13.8 Å². The van der Waals surface area contributed by atoms with Crippen LogP contribution in [0.15, 0.2) is 36.4 Å². The van der Waals surface area contributed by atoms with Gasteiger partial charge in [-0.2, -0.15) is 0 Å². The van der Waals surface area contributed by atoms with E-state index in [1.165, 1.54) is 0 Å². The van der Waals surface area contributed by atoms with Gasteiger partial charge in [-0.25, -0.2) is 0 Å².